The molecule has 0 spiro atoms. The number of likely N-dealkylation sites (tertiary alicyclic amines) is 1. The van der Waals surface area contributed by atoms with Crippen molar-refractivity contribution in [2.24, 2.45) is 0 Å². The van der Waals surface area contributed by atoms with E-state index in [9.17, 15) is 18.8 Å². The normalized spacial score (nSPS) is 16.0. The van der Waals surface area contributed by atoms with Crippen molar-refractivity contribution < 1.29 is 13.9 Å². The van der Waals surface area contributed by atoms with Crippen LogP contribution in [0, 0.1) is 5.82 Å². The monoisotopic (exact) mass is 319 g/mol. The number of carbonyl (C=O) groups excluding carboxylic acids is 1. The van der Waals surface area contributed by atoms with Crippen molar-refractivity contribution in [3.63, 3.8) is 0 Å². The Morgan fingerprint density at radius 3 is 2.62 bits per heavy atom. The standard InChI is InChI=1S/C12H15ClFN3O4/c1-2-21-12(20)16-5-3-7(4-6-16)17-10(18)8(14)9(13)15-11(17)19/h7H,2-6H2,1H3,(H,15,19). The zero-order chi connectivity index (χ0) is 15.6. The summed E-state index contributed by atoms with van der Waals surface area (Å²) in [5.41, 5.74) is -1.79. The molecule has 7 nitrogen and oxygen atoms in total. The summed E-state index contributed by atoms with van der Waals surface area (Å²) in [7, 11) is 0. The fraction of sp³-hybridized carbons (Fsp3) is 0.583. The minimum absolute atomic E-state index is 0.278. The minimum Gasteiger partial charge on any atom is -0.450 e. The van der Waals surface area contributed by atoms with Gasteiger partial charge in [0, 0.05) is 19.1 Å². The molecule has 2 rings (SSSR count). The summed E-state index contributed by atoms with van der Waals surface area (Å²) in [6.45, 7) is 2.65. The van der Waals surface area contributed by atoms with Crippen molar-refractivity contribution in [3.05, 3.63) is 31.8 Å². The number of aromatic amines is 1. The van der Waals surface area contributed by atoms with Gasteiger partial charge in [0.1, 0.15) is 0 Å². The van der Waals surface area contributed by atoms with E-state index in [4.69, 9.17) is 16.3 Å². The largest absolute Gasteiger partial charge is 0.450 e. The average Bonchev–Trinajstić information content (AvgIpc) is 2.46. The molecule has 1 amide bonds. The molecular formula is C12H15ClFN3O4. The number of H-pyrrole nitrogens is 1. The van der Waals surface area contributed by atoms with Gasteiger partial charge in [0.2, 0.25) is 5.82 Å². The molecule has 0 atom stereocenters. The number of hydrogen-bond acceptors (Lipinski definition) is 4. The highest BCUT2D eigenvalue weighted by atomic mass is 35.5. The van der Waals surface area contributed by atoms with Crippen LogP contribution in [0.25, 0.3) is 0 Å². The molecule has 1 saturated heterocycles. The Morgan fingerprint density at radius 1 is 1.43 bits per heavy atom. The van der Waals surface area contributed by atoms with Crippen LogP contribution in [0.5, 0.6) is 0 Å². The lowest BCUT2D eigenvalue weighted by Crippen LogP contribution is -2.46. The molecule has 116 valence electrons. The molecule has 1 fully saturated rings. The molecule has 0 bridgehead atoms. The molecule has 1 aromatic heterocycles. The first-order chi connectivity index (χ1) is 9.95. The van der Waals surface area contributed by atoms with E-state index in [1.807, 2.05) is 0 Å². The number of carbonyl (C=O) groups is 1. The number of rotatable bonds is 2. The first kappa shape index (κ1) is 15.6. The van der Waals surface area contributed by atoms with Crippen molar-refractivity contribution >= 4 is 17.7 Å². The van der Waals surface area contributed by atoms with Crippen molar-refractivity contribution in [3.8, 4) is 0 Å². The van der Waals surface area contributed by atoms with E-state index in [-0.39, 0.29) is 6.61 Å². The van der Waals surface area contributed by atoms with Crippen LogP contribution in [0.2, 0.25) is 5.15 Å². The molecule has 9 heteroatoms. The van der Waals surface area contributed by atoms with Gasteiger partial charge in [-0.2, -0.15) is 4.39 Å². The Bertz CT molecular complexity index is 649. The summed E-state index contributed by atoms with van der Waals surface area (Å²) in [6, 6.07) is -0.473. The number of ether oxygens (including phenoxy) is 1. The van der Waals surface area contributed by atoms with Crippen LogP contribution in [0.3, 0.4) is 0 Å². The molecule has 1 aliphatic rings. The number of piperidine rings is 1. The molecule has 1 aliphatic heterocycles. The van der Waals surface area contributed by atoms with Gasteiger partial charge in [-0.25, -0.2) is 9.59 Å². The van der Waals surface area contributed by atoms with Crippen LogP contribution in [0.15, 0.2) is 9.59 Å². The fourth-order valence-electron chi connectivity index (χ4n) is 2.35. The van der Waals surface area contributed by atoms with Crippen molar-refractivity contribution in [1.82, 2.24) is 14.5 Å². The Kier molecular flexibility index (Phi) is 4.66. The third kappa shape index (κ3) is 3.10. The predicted octanol–water partition coefficient (Wildman–Crippen LogP) is 1.12. The lowest BCUT2D eigenvalue weighted by Gasteiger charge is -2.31. The quantitative estimate of drug-likeness (QED) is 0.828. The van der Waals surface area contributed by atoms with Gasteiger partial charge in [-0.1, -0.05) is 11.6 Å². The first-order valence-corrected chi connectivity index (χ1v) is 6.95. The minimum atomic E-state index is -1.18. The second-order valence-corrected chi connectivity index (χ2v) is 5.03. The van der Waals surface area contributed by atoms with Crippen molar-refractivity contribution in [2.75, 3.05) is 19.7 Å². The van der Waals surface area contributed by atoms with Gasteiger partial charge in [-0.05, 0) is 19.8 Å². The van der Waals surface area contributed by atoms with Gasteiger partial charge < -0.3 is 9.64 Å². The molecule has 2 heterocycles. The van der Waals surface area contributed by atoms with Crippen LogP contribution in [0.1, 0.15) is 25.8 Å². The summed E-state index contributed by atoms with van der Waals surface area (Å²) in [6.07, 6.45) is 0.297. The van der Waals surface area contributed by atoms with Gasteiger partial charge in [0.05, 0.1) is 6.61 Å². The van der Waals surface area contributed by atoms with E-state index in [1.54, 1.807) is 6.92 Å². The van der Waals surface area contributed by atoms with E-state index in [0.717, 1.165) is 4.57 Å². The van der Waals surface area contributed by atoms with Gasteiger partial charge in [-0.3, -0.25) is 14.3 Å². The van der Waals surface area contributed by atoms with Gasteiger partial charge in [-0.15, -0.1) is 0 Å². The molecule has 0 saturated carbocycles. The Balaban J connectivity index is 2.17. The highest BCUT2D eigenvalue weighted by Gasteiger charge is 2.27. The van der Waals surface area contributed by atoms with Crippen LogP contribution >= 0.6 is 11.6 Å². The van der Waals surface area contributed by atoms with Gasteiger partial charge in [0.25, 0.3) is 5.56 Å². The molecule has 0 aliphatic carbocycles. The van der Waals surface area contributed by atoms with Crippen LogP contribution in [0.4, 0.5) is 9.18 Å². The number of nitrogens with zero attached hydrogens (tertiary/aromatic N) is 2. The maximum Gasteiger partial charge on any atom is 0.409 e. The maximum absolute atomic E-state index is 13.5. The Hall–Kier alpha value is -1.83. The summed E-state index contributed by atoms with van der Waals surface area (Å²) >= 11 is 5.42. The summed E-state index contributed by atoms with van der Waals surface area (Å²) in [4.78, 5) is 38.7. The lowest BCUT2D eigenvalue weighted by atomic mass is 10.1. The number of hydrogen-bond donors (Lipinski definition) is 1. The van der Waals surface area contributed by atoms with Crippen molar-refractivity contribution in [2.45, 2.75) is 25.8 Å². The van der Waals surface area contributed by atoms with E-state index in [0.29, 0.717) is 25.9 Å². The zero-order valence-electron chi connectivity index (χ0n) is 11.4. The number of amides is 1. The highest BCUT2D eigenvalue weighted by molar-refractivity contribution is 6.29. The topological polar surface area (TPSA) is 84.4 Å². The average molecular weight is 320 g/mol. The predicted molar refractivity (Wildman–Crippen MR) is 73.2 cm³/mol. The molecule has 1 N–H and O–H groups in total. The Labute approximate surface area is 124 Å². The fourth-order valence-corrected chi connectivity index (χ4v) is 2.52. The molecular weight excluding hydrogens is 305 g/mol. The second kappa shape index (κ2) is 6.30. The number of nitrogens with one attached hydrogen (secondary N) is 1. The summed E-state index contributed by atoms with van der Waals surface area (Å²) in [5.74, 6) is -1.18. The number of aromatic nitrogens is 2. The molecule has 21 heavy (non-hydrogen) atoms. The Morgan fingerprint density at radius 2 is 2.05 bits per heavy atom. The SMILES string of the molecule is CCOC(=O)N1CCC(n2c(=O)[nH]c(Cl)c(F)c2=O)CC1. The smallest absolute Gasteiger partial charge is 0.409 e. The molecule has 0 unspecified atom stereocenters. The number of halogens is 2. The van der Waals surface area contributed by atoms with Gasteiger partial charge in [0.15, 0.2) is 5.15 Å². The van der Waals surface area contributed by atoms with E-state index in [1.165, 1.54) is 4.90 Å². The maximum atomic E-state index is 13.5. The lowest BCUT2D eigenvalue weighted by molar-refractivity contribution is 0.0918. The van der Waals surface area contributed by atoms with E-state index >= 15 is 0 Å². The van der Waals surface area contributed by atoms with Crippen LogP contribution in [-0.4, -0.2) is 40.2 Å². The first-order valence-electron chi connectivity index (χ1n) is 6.57. The second-order valence-electron chi connectivity index (χ2n) is 4.65. The van der Waals surface area contributed by atoms with Crippen molar-refractivity contribution in [1.29, 1.82) is 0 Å². The molecule has 0 radical (unpaired) electrons. The highest BCUT2D eigenvalue weighted by Crippen LogP contribution is 2.20. The summed E-state index contributed by atoms with van der Waals surface area (Å²) < 4.78 is 19.2. The van der Waals surface area contributed by atoms with Gasteiger partial charge >= 0.3 is 11.8 Å². The molecule has 0 aromatic carbocycles. The van der Waals surface area contributed by atoms with Crippen LogP contribution < -0.4 is 11.2 Å². The van der Waals surface area contributed by atoms with E-state index in [2.05, 4.69) is 4.98 Å². The molecule has 1 aromatic rings. The van der Waals surface area contributed by atoms with E-state index < -0.39 is 34.4 Å². The summed E-state index contributed by atoms with van der Waals surface area (Å²) in [5, 5.41) is -0.592. The third-order valence-electron chi connectivity index (χ3n) is 3.39. The third-order valence-corrected chi connectivity index (χ3v) is 3.65. The zero-order valence-corrected chi connectivity index (χ0v) is 12.2. The van der Waals surface area contributed by atoms with Crippen LogP contribution in [-0.2, 0) is 4.74 Å².